The fraction of sp³-hybridized carbons (Fsp3) is 0.333. The normalized spacial score (nSPS) is 11.3. The van der Waals surface area contributed by atoms with Crippen LogP contribution >= 0.6 is 11.6 Å². The Balaban J connectivity index is 2.39. The Bertz CT molecular complexity index is 453. The van der Waals surface area contributed by atoms with Crippen LogP contribution in [0.3, 0.4) is 0 Å². The van der Waals surface area contributed by atoms with Crippen molar-refractivity contribution in [2.75, 3.05) is 19.0 Å². The summed E-state index contributed by atoms with van der Waals surface area (Å²) in [5.74, 6) is 0. The largest absolute Gasteiger partial charge is 0.453 e. The summed E-state index contributed by atoms with van der Waals surface area (Å²) in [6, 6.07) is 6.80. The molecule has 7 heteroatoms. The average molecular weight is 287 g/mol. The number of rotatable bonds is 4. The van der Waals surface area contributed by atoms with Crippen LogP contribution in [0.5, 0.6) is 0 Å². The fourth-order valence-corrected chi connectivity index (χ4v) is 1.41. The Kier molecular flexibility index (Phi) is 5.95. The topological polar surface area (TPSA) is 76.7 Å². The predicted molar refractivity (Wildman–Crippen MR) is 71.4 cm³/mol. The van der Waals surface area contributed by atoms with Gasteiger partial charge in [0.15, 0.2) is 0 Å². The fourth-order valence-electron chi connectivity index (χ4n) is 1.23. The molecule has 0 aliphatic heterocycles. The molecular weight excluding hydrogens is 272 g/mol. The van der Waals surface area contributed by atoms with Gasteiger partial charge in [-0.2, -0.15) is 0 Å². The zero-order chi connectivity index (χ0) is 14.3. The van der Waals surface area contributed by atoms with E-state index >= 15 is 0 Å². The Morgan fingerprint density at radius 1 is 1.32 bits per heavy atom. The van der Waals surface area contributed by atoms with E-state index in [1.165, 1.54) is 7.11 Å². The number of alkyl carbamates (subject to hydrolysis) is 1. The second-order valence-electron chi connectivity index (χ2n) is 3.69. The van der Waals surface area contributed by atoms with Gasteiger partial charge in [0.2, 0.25) is 0 Å². The molecular formula is C12H15ClN2O4. The summed E-state index contributed by atoms with van der Waals surface area (Å²) in [5, 5.41) is 5.34. The molecule has 1 aromatic rings. The molecule has 0 aromatic heterocycles. The van der Waals surface area contributed by atoms with Crippen molar-refractivity contribution in [3.8, 4) is 0 Å². The average Bonchev–Trinajstić information content (AvgIpc) is 2.38. The van der Waals surface area contributed by atoms with Crippen LogP contribution in [0.2, 0.25) is 5.02 Å². The molecule has 1 aromatic carbocycles. The van der Waals surface area contributed by atoms with Crippen LogP contribution in [-0.4, -0.2) is 31.9 Å². The van der Waals surface area contributed by atoms with Gasteiger partial charge in [0.25, 0.3) is 0 Å². The third-order valence-corrected chi connectivity index (χ3v) is 2.47. The van der Waals surface area contributed by atoms with E-state index in [1.807, 2.05) is 0 Å². The lowest BCUT2D eigenvalue weighted by molar-refractivity contribution is 0.115. The minimum atomic E-state index is -0.646. The van der Waals surface area contributed by atoms with Crippen LogP contribution < -0.4 is 10.6 Å². The van der Waals surface area contributed by atoms with Crippen molar-refractivity contribution in [1.29, 1.82) is 0 Å². The smallest absolute Gasteiger partial charge is 0.411 e. The molecule has 0 heterocycles. The monoisotopic (exact) mass is 286 g/mol. The number of methoxy groups -OCH3 is 1. The highest BCUT2D eigenvalue weighted by Crippen LogP contribution is 2.20. The summed E-state index contributed by atoms with van der Waals surface area (Å²) in [4.78, 5) is 22.4. The lowest BCUT2D eigenvalue weighted by Crippen LogP contribution is -2.34. The Morgan fingerprint density at radius 3 is 2.63 bits per heavy atom. The molecule has 19 heavy (non-hydrogen) atoms. The number of ether oxygens (including phenoxy) is 2. The number of nitrogens with one attached hydrogen (secondary N) is 2. The van der Waals surface area contributed by atoms with Crippen molar-refractivity contribution < 1.29 is 19.1 Å². The number of para-hydroxylation sites is 1. The molecule has 0 fully saturated rings. The van der Waals surface area contributed by atoms with Gasteiger partial charge in [-0.1, -0.05) is 23.7 Å². The zero-order valence-corrected chi connectivity index (χ0v) is 11.4. The highest BCUT2D eigenvalue weighted by atomic mass is 35.5. The molecule has 0 spiro atoms. The van der Waals surface area contributed by atoms with Crippen molar-refractivity contribution >= 4 is 29.5 Å². The third kappa shape index (κ3) is 5.48. The maximum atomic E-state index is 11.6. The number of hydrogen-bond acceptors (Lipinski definition) is 4. The summed E-state index contributed by atoms with van der Waals surface area (Å²) in [6.07, 6.45) is -1.73. The summed E-state index contributed by atoms with van der Waals surface area (Å²) in [6.45, 7) is 1.80. The van der Waals surface area contributed by atoms with Crippen molar-refractivity contribution in [2.45, 2.75) is 13.0 Å². The minimum Gasteiger partial charge on any atom is -0.453 e. The predicted octanol–water partition coefficient (Wildman–Crippen LogP) is 2.63. The Hall–Kier alpha value is -1.95. The van der Waals surface area contributed by atoms with Gasteiger partial charge in [-0.15, -0.1) is 0 Å². The van der Waals surface area contributed by atoms with Crippen LogP contribution in [0.25, 0.3) is 0 Å². The molecule has 2 N–H and O–H groups in total. The summed E-state index contributed by atoms with van der Waals surface area (Å²) >= 11 is 5.88. The first-order valence-electron chi connectivity index (χ1n) is 5.57. The molecule has 0 unspecified atom stereocenters. The van der Waals surface area contributed by atoms with Gasteiger partial charge >= 0.3 is 12.2 Å². The van der Waals surface area contributed by atoms with E-state index in [2.05, 4.69) is 15.4 Å². The lowest BCUT2D eigenvalue weighted by Gasteiger charge is -2.14. The first-order valence-corrected chi connectivity index (χ1v) is 5.94. The first kappa shape index (κ1) is 15.1. The number of hydrogen-bond donors (Lipinski definition) is 2. The van der Waals surface area contributed by atoms with Gasteiger partial charge in [0.1, 0.15) is 6.10 Å². The zero-order valence-electron chi connectivity index (χ0n) is 10.6. The standard InChI is InChI=1S/C12H15ClN2O4/c1-8(7-14-11(16)18-2)19-12(17)15-10-6-4-3-5-9(10)13/h3-6,8H,7H2,1-2H3,(H,14,16)(H,15,17)/t8-/m1/s1. The summed E-state index contributed by atoms with van der Waals surface area (Å²) < 4.78 is 9.42. The molecule has 0 saturated heterocycles. The second kappa shape index (κ2) is 7.48. The number of benzene rings is 1. The van der Waals surface area contributed by atoms with Crippen molar-refractivity contribution in [3.05, 3.63) is 29.3 Å². The van der Waals surface area contributed by atoms with E-state index in [1.54, 1.807) is 31.2 Å². The van der Waals surface area contributed by atoms with Gasteiger partial charge in [-0.05, 0) is 19.1 Å². The number of carbonyl (C=O) groups excluding carboxylic acids is 2. The number of amides is 2. The van der Waals surface area contributed by atoms with Crippen molar-refractivity contribution in [2.24, 2.45) is 0 Å². The number of halogens is 1. The van der Waals surface area contributed by atoms with Gasteiger partial charge in [-0.3, -0.25) is 5.32 Å². The molecule has 1 rings (SSSR count). The highest BCUT2D eigenvalue weighted by Gasteiger charge is 2.12. The van der Waals surface area contributed by atoms with E-state index < -0.39 is 18.3 Å². The molecule has 2 amide bonds. The highest BCUT2D eigenvalue weighted by molar-refractivity contribution is 6.33. The molecule has 1 atom stereocenters. The van der Waals surface area contributed by atoms with Crippen LogP contribution in [0, 0.1) is 0 Å². The van der Waals surface area contributed by atoms with Gasteiger partial charge in [0.05, 0.1) is 24.4 Å². The van der Waals surface area contributed by atoms with Crippen molar-refractivity contribution in [3.63, 3.8) is 0 Å². The minimum absolute atomic E-state index is 0.155. The number of carbonyl (C=O) groups is 2. The van der Waals surface area contributed by atoms with Gasteiger partial charge < -0.3 is 14.8 Å². The second-order valence-corrected chi connectivity index (χ2v) is 4.10. The SMILES string of the molecule is COC(=O)NC[C@@H](C)OC(=O)Nc1ccccc1Cl. The molecule has 6 nitrogen and oxygen atoms in total. The molecule has 104 valence electrons. The van der Waals surface area contributed by atoms with Crippen LogP contribution in [0.1, 0.15) is 6.92 Å². The van der Waals surface area contributed by atoms with Crippen LogP contribution in [0.15, 0.2) is 24.3 Å². The molecule has 0 bridgehead atoms. The van der Waals surface area contributed by atoms with Crippen molar-refractivity contribution in [1.82, 2.24) is 5.32 Å². The number of anilines is 1. The quantitative estimate of drug-likeness (QED) is 0.892. The molecule has 0 aliphatic rings. The van der Waals surface area contributed by atoms with E-state index in [4.69, 9.17) is 16.3 Å². The Morgan fingerprint density at radius 2 is 2.00 bits per heavy atom. The van der Waals surface area contributed by atoms with E-state index in [0.717, 1.165) is 0 Å². The first-order chi connectivity index (χ1) is 9.02. The van der Waals surface area contributed by atoms with Crippen LogP contribution in [-0.2, 0) is 9.47 Å². The lowest BCUT2D eigenvalue weighted by atomic mass is 10.3. The molecule has 0 radical (unpaired) electrons. The maximum Gasteiger partial charge on any atom is 0.411 e. The van der Waals surface area contributed by atoms with E-state index in [-0.39, 0.29) is 6.54 Å². The third-order valence-electron chi connectivity index (χ3n) is 2.14. The molecule has 0 aliphatic carbocycles. The van der Waals surface area contributed by atoms with Crippen LogP contribution in [0.4, 0.5) is 15.3 Å². The summed E-state index contributed by atoms with van der Waals surface area (Å²) in [7, 11) is 1.25. The Labute approximate surface area is 116 Å². The maximum absolute atomic E-state index is 11.6. The van der Waals surface area contributed by atoms with E-state index in [9.17, 15) is 9.59 Å². The van der Waals surface area contributed by atoms with E-state index in [0.29, 0.717) is 10.7 Å². The summed E-state index contributed by atoms with van der Waals surface area (Å²) in [5.41, 5.74) is 0.460. The molecule has 0 saturated carbocycles. The van der Waals surface area contributed by atoms with Gasteiger partial charge in [0, 0.05) is 0 Å². The van der Waals surface area contributed by atoms with Gasteiger partial charge in [-0.25, -0.2) is 9.59 Å².